The van der Waals surface area contributed by atoms with Crippen LogP contribution in [0.2, 0.25) is 4.31 Å². The molecule has 4 N–H and O–H groups in total. The Kier molecular flexibility index (Phi) is 2.31. The molecule has 3 heteroatoms. The Hall–Kier alpha value is 0.608. The minimum absolute atomic E-state index is 0.375. The first kappa shape index (κ1) is 7.71. The second kappa shape index (κ2) is 2.69. The average molecular weight is 308 g/mol. The Morgan fingerprint density at radius 1 is 1.33 bits per heavy atom. The molecule has 57 valence electrons. The Balaban J connectivity index is 2.49. The van der Waals surface area contributed by atoms with Crippen LogP contribution in [0.1, 0.15) is 25.7 Å². The molecule has 0 heterocycles. The van der Waals surface area contributed by atoms with Crippen molar-refractivity contribution in [1.29, 1.82) is 0 Å². The summed E-state index contributed by atoms with van der Waals surface area (Å²) >= 11 is 2.33. The molecule has 1 saturated carbocycles. The average Bonchev–Trinajstić information content (AvgIpc) is 1.77. The maximum atomic E-state index is 5.79. The Morgan fingerprint density at radius 3 is 2.33 bits per heavy atom. The first-order valence-electron chi connectivity index (χ1n) is 3.31. The van der Waals surface area contributed by atoms with Crippen molar-refractivity contribution in [3.8, 4) is 0 Å². The van der Waals surface area contributed by atoms with Crippen LogP contribution in [0.5, 0.6) is 0 Å². The van der Waals surface area contributed by atoms with Crippen molar-refractivity contribution in [1.82, 2.24) is 0 Å². The van der Waals surface area contributed by atoms with Crippen LogP contribution in [-0.2, 0) is 19.8 Å². The van der Waals surface area contributed by atoms with E-state index < -0.39 is 0 Å². The third-order valence-electron chi connectivity index (χ3n) is 1.85. The topological polar surface area (TPSA) is 52.0 Å². The standard InChI is InChI=1S/C6H13N2.Pt/c7-6(8)4-2-1-3-5-6;/h4H,1-3,5,7-8H2;. The molecule has 0 saturated heterocycles. The number of nitrogens with two attached hydrogens (primary N) is 2. The first-order chi connectivity index (χ1) is 4.13. The van der Waals surface area contributed by atoms with Crippen LogP contribution in [0.3, 0.4) is 0 Å². The van der Waals surface area contributed by atoms with Crippen LogP contribution in [0.25, 0.3) is 0 Å². The van der Waals surface area contributed by atoms with E-state index in [4.69, 9.17) is 11.5 Å². The van der Waals surface area contributed by atoms with E-state index in [-0.39, 0.29) is 5.66 Å². The van der Waals surface area contributed by atoms with Gasteiger partial charge in [-0.25, -0.2) is 0 Å². The van der Waals surface area contributed by atoms with Gasteiger partial charge in [0.2, 0.25) is 0 Å². The summed E-state index contributed by atoms with van der Waals surface area (Å²) < 4.78 is 0.478. The molecule has 9 heavy (non-hydrogen) atoms. The van der Waals surface area contributed by atoms with Crippen LogP contribution in [0.4, 0.5) is 0 Å². The monoisotopic (exact) mass is 308 g/mol. The summed E-state index contributed by atoms with van der Waals surface area (Å²) in [6.07, 6.45) is 4.67. The van der Waals surface area contributed by atoms with Gasteiger partial charge >= 0.3 is 66.9 Å². The van der Waals surface area contributed by atoms with E-state index in [2.05, 4.69) is 19.8 Å². The van der Waals surface area contributed by atoms with Gasteiger partial charge in [0.1, 0.15) is 0 Å². The third-order valence-corrected chi connectivity index (χ3v) is 3.73. The Labute approximate surface area is 67.3 Å². The molecule has 0 aromatic rings. The van der Waals surface area contributed by atoms with Gasteiger partial charge in [-0.05, 0) is 0 Å². The SMILES string of the molecule is NC1(N)CCCC[C@H]1[Pt]. The van der Waals surface area contributed by atoms with Gasteiger partial charge in [0, 0.05) is 0 Å². The van der Waals surface area contributed by atoms with E-state index in [1.165, 1.54) is 19.3 Å². The zero-order valence-corrected chi connectivity index (χ0v) is 7.65. The molecule has 0 bridgehead atoms. The van der Waals surface area contributed by atoms with Crippen molar-refractivity contribution in [3.05, 3.63) is 0 Å². The molecule has 1 fully saturated rings. The third kappa shape index (κ3) is 1.76. The fourth-order valence-electron chi connectivity index (χ4n) is 1.16. The quantitative estimate of drug-likeness (QED) is 0.641. The van der Waals surface area contributed by atoms with Crippen LogP contribution >= 0.6 is 0 Å². The second-order valence-corrected chi connectivity index (χ2v) is 4.37. The first-order valence-corrected chi connectivity index (χ1v) is 4.62. The molecular weight excluding hydrogens is 295 g/mol. The Morgan fingerprint density at radius 2 is 2.00 bits per heavy atom. The number of hydrogen-bond donors (Lipinski definition) is 2. The van der Waals surface area contributed by atoms with E-state index in [1.807, 2.05) is 0 Å². The molecule has 0 aliphatic heterocycles. The molecule has 0 amide bonds. The summed E-state index contributed by atoms with van der Waals surface area (Å²) in [4.78, 5) is 0. The van der Waals surface area contributed by atoms with Crippen molar-refractivity contribution >= 4 is 0 Å². The second-order valence-electron chi connectivity index (χ2n) is 2.78. The summed E-state index contributed by atoms with van der Waals surface area (Å²) in [5.74, 6) is 0. The van der Waals surface area contributed by atoms with E-state index in [0.29, 0.717) is 4.31 Å². The summed E-state index contributed by atoms with van der Waals surface area (Å²) in [6, 6.07) is 0. The van der Waals surface area contributed by atoms with Crippen molar-refractivity contribution in [2.75, 3.05) is 0 Å². The predicted molar refractivity (Wildman–Crippen MR) is 33.3 cm³/mol. The maximum absolute atomic E-state index is 5.79. The van der Waals surface area contributed by atoms with Crippen molar-refractivity contribution in [3.63, 3.8) is 0 Å². The van der Waals surface area contributed by atoms with Gasteiger partial charge in [-0.2, -0.15) is 0 Å². The van der Waals surface area contributed by atoms with Crippen molar-refractivity contribution in [2.24, 2.45) is 11.5 Å². The molecule has 0 aromatic heterocycles. The summed E-state index contributed by atoms with van der Waals surface area (Å²) in [5.41, 5.74) is 11.2. The molecule has 1 aliphatic rings. The number of rotatable bonds is 0. The van der Waals surface area contributed by atoms with Crippen LogP contribution in [-0.4, -0.2) is 5.66 Å². The van der Waals surface area contributed by atoms with Gasteiger partial charge in [-0.3, -0.25) is 0 Å². The van der Waals surface area contributed by atoms with E-state index in [0.717, 1.165) is 6.42 Å². The van der Waals surface area contributed by atoms with Gasteiger partial charge < -0.3 is 0 Å². The van der Waals surface area contributed by atoms with Gasteiger partial charge in [-0.1, -0.05) is 0 Å². The van der Waals surface area contributed by atoms with Gasteiger partial charge in [0.25, 0.3) is 0 Å². The van der Waals surface area contributed by atoms with Gasteiger partial charge in [-0.15, -0.1) is 0 Å². The normalized spacial score (nSPS) is 34.4. The van der Waals surface area contributed by atoms with Gasteiger partial charge in [0.05, 0.1) is 0 Å². The zero-order valence-electron chi connectivity index (χ0n) is 5.38. The molecule has 0 radical (unpaired) electrons. The predicted octanol–water partition coefficient (Wildman–Crippen LogP) is 0.509. The summed E-state index contributed by atoms with van der Waals surface area (Å²) in [5, 5.41) is 0. The fraction of sp³-hybridized carbons (Fsp3) is 1.00. The van der Waals surface area contributed by atoms with Crippen LogP contribution < -0.4 is 11.5 Å². The molecule has 1 rings (SSSR count). The van der Waals surface area contributed by atoms with Crippen molar-refractivity contribution in [2.45, 2.75) is 35.7 Å². The molecule has 0 spiro atoms. The summed E-state index contributed by atoms with van der Waals surface area (Å²) in [7, 11) is 0. The molecule has 0 aromatic carbocycles. The fourth-order valence-corrected chi connectivity index (χ4v) is 1.95. The van der Waals surface area contributed by atoms with Gasteiger partial charge in [0.15, 0.2) is 0 Å². The van der Waals surface area contributed by atoms with Crippen molar-refractivity contribution < 1.29 is 19.8 Å². The molecule has 2 nitrogen and oxygen atoms in total. The van der Waals surface area contributed by atoms with E-state index >= 15 is 0 Å². The molecular formula is C6H13N2Pt. The zero-order chi connectivity index (χ0) is 6.91. The van der Waals surface area contributed by atoms with Crippen LogP contribution in [0, 0.1) is 0 Å². The molecule has 1 aliphatic carbocycles. The molecule has 0 unspecified atom stereocenters. The van der Waals surface area contributed by atoms with E-state index in [9.17, 15) is 0 Å². The summed E-state index contributed by atoms with van der Waals surface area (Å²) in [6.45, 7) is 0. The number of hydrogen-bond acceptors (Lipinski definition) is 2. The Bertz CT molecular complexity index is 103. The van der Waals surface area contributed by atoms with Crippen LogP contribution in [0.15, 0.2) is 0 Å². The van der Waals surface area contributed by atoms with E-state index in [1.54, 1.807) is 0 Å². The minimum atomic E-state index is -0.375. The molecule has 1 atom stereocenters.